The van der Waals surface area contributed by atoms with Crippen molar-refractivity contribution in [3.63, 3.8) is 0 Å². The van der Waals surface area contributed by atoms with E-state index >= 15 is 0 Å². The molecule has 5 nitrogen and oxygen atoms in total. The summed E-state index contributed by atoms with van der Waals surface area (Å²) < 4.78 is 37.1. The van der Waals surface area contributed by atoms with Gasteiger partial charge in [0.25, 0.3) is 0 Å². The van der Waals surface area contributed by atoms with Crippen LogP contribution in [-0.4, -0.2) is 35.0 Å². The molecule has 0 radical (unpaired) electrons. The number of nitrogens with two attached hydrogens (primary N) is 1. The third-order valence-electron chi connectivity index (χ3n) is 3.23. The fourth-order valence-corrected chi connectivity index (χ4v) is 2.13. The topological polar surface area (TPSA) is 71.2 Å². The van der Waals surface area contributed by atoms with Gasteiger partial charge in [0.05, 0.1) is 11.9 Å². The molecule has 1 fully saturated rings. The van der Waals surface area contributed by atoms with Crippen molar-refractivity contribution >= 4 is 11.7 Å². The molecule has 0 unspecified atom stereocenters. The molecule has 0 aromatic carbocycles. The summed E-state index contributed by atoms with van der Waals surface area (Å²) in [7, 11) is 0. The first-order valence-electron chi connectivity index (χ1n) is 6.20. The number of hydrogen-bond acceptors (Lipinski definition) is 3. The number of carbonyl (C=O) groups excluding carboxylic acids is 1. The number of nitrogens with one attached hydrogen (secondary N) is 1. The van der Waals surface area contributed by atoms with Crippen molar-refractivity contribution in [2.75, 3.05) is 18.4 Å². The Balaban J connectivity index is 1.90. The summed E-state index contributed by atoms with van der Waals surface area (Å²) in [4.78, 5) is 15.9. The number of piperidine rings is 1. The Labute approximate surface area is 114 Å². The number of pyridine rings is 1. The first-order valence-corrected chi connectivity index (χ1v) is 6.20. The molecular formula is C12H15F3N4O. The Hall–Kier alpha value is -1.99. The molecular weight excluding hydrogens is 273 g/mol. The molecule has 0 saturated carbocycles. The third-order valence-corrected chi connectivity index (χ3v) is 3.23. The van der Waals surface area contributed by atoms with Gasteiger partial charge in [-0.05, 0) is 25.0 Å². The molecule has 1 aliphatic heterocycles. The largest absolute Gasteiger partial charge is 0.433 e. The number of anilines is 1. The molecule has 8 heteroatoms. The highest BCUT2D eigenvalue weighted by molar-refractivity contribution is 5.72. The van der Waals surface area contributed by atoms with Crippen LogP contribution in [0, 0.1) is 0 Å². The summed E-state index contributed by atoms with van der Waals surface area (Å²) >= 11 is 0. The molecule has 0 atom stereocenters. The molecule has 0 bridgehead atoms. The van der Waals surface area contributed by atoms with Crippen molar-refractivity contribution in [3.8, 4) is 0 Å². The summed E-state index contributed by atoms with van der Waals surface area (Å²) in [6.45, 7) is 1.09. The molecule has 1 aliphatic rings. The van der Waals surface area contributed by atoms with E-state index in [1.165, 1.54) is 12.3 Å². The molecule has 110 valence electrons. The predicted molar refractivity (Wildman–Crippen MR) is 67.0 cm³/mol. The zero-order valence-electron chi connectivity index (χ0n) is 10.7. The summed E-state index contributed by atoms with van der Waals surface area (Å²) in [5.41, 5.74) is 4.80. The van der Waals surface area contributed by atoms with Crippen LogP contribution in [0.3, 0.4) is 0 Å². The molecule has 1 aromatic rings. The summed E-state index contributed by atoms with van der Waals surface area (Å²) in [6, 6.07) is 1.96. The lowest BCUT2D eigenvalue weighted by Crippen LogP contribution is -2.44. The lowest BCUT2D eigenvalue weighted by atomic mass is 10.1. The molecule has 2 amide bonds. The zero-order chi connectivity index (χ0) is 14.8. The fourth-order valence-electron chi connectivity index (χ4n) is 2.13. The second-order valence-electron chi connectivity index (χ2n) is 4.67. The van der Waals surface area contributed by atoms with E-state index in [0.29, 0.717) is 31.6 Å². The minimum Gasteiger partial charge on any atom is -0.381 e. The van der Waals surface area contributed by atoms with E-state index in [2.05, 4.69) is 10.3 Å². The molecule has 1 aromatic heterocycles. The smallest absolute Gasteiger partial charge is 0.381 e. The molecule has 2 heterocycles. The van der Waals surface area contributed by atoms with Crippen LogP contribution in [0.4, 0.5) is 23.7 Å². The van der Waals surface area contributed by atoms with Gasteiger partial charge in [-0.25, -0.2) is 9.78 Å². The molecule has 3 N–H and O–H groups in total. The van der Waals surface area contributed by atoms with E-state index in [1.807, 2.05) is 0 Å². The number of alkyl halides is 3. The third kappa shape index (κ3) is 3.52. The summed E-state index contributed by atoms with van der Waals surface area (Å²) in [5.74, 6) is 0. The lowest BCUT2D eigenvalue weighted by molar-refractivity contribution is -0.141. The van der Waals surface area contributed by atoms with Crippen LogP contribution in [0.2, 0.25) is 0 Å². The number of likely N-dealkylation sites (tertiary alicyclic amines) is 1. The van der Waals surface area contributed by atoms with Gasteiger partial charge >= 0.3 is 12.2 Å². The number of aromatic nitrogens is 1. The average Bonchev–Trinajstić information content (AvgIpc) is 2.39. The number of primary amides is 1. The Bertz CT molecular complexity index is 467. The van der Waals surface area contributed by atoms with Crippen molar-refractivity contribution in [2.45, 2.75) is 25.1 Å². The Kier molecular flexibility index (Phi) is 4.01. The minimum absolute atomic E-state index is 0.101. The number of rotatable bonds is 2. The highest BCUT2D eigenvalue weighted by Crippen LogP contribution is 2.28. The Morgan fingerprint density at radius 3 is 2.45 bits per heavy atom. The van der Waals surface area contributed by atoms with Crippen molar-refractivity contribution in [3.05, 3.63) is 24.0 Å². The molecule has 0 spiro atoms. The SMILES string of the molecule is NC(=O)N1CCC(Nc2ccc(C(F)(F)F)nc2)CC1. The van der Waals surface area contributed by atoms with Crippen LogP contribution in [0.5, 0.6) is 0 Å². The molecule has 2 rings (SSSR count). The maximum atomic E-state index is 12.4. The average molecular weight is 288 g/mol. The monoisotopic (exact) mass is 288 g/mol. The van der Waals surface area contributed by atoms with Crippen LogP contribution in [0.1, 0.15) is 18.5 Å². The van der Waals surface area contributed by atoms with Crippen molar-refractivity contribution in [1.82, 2.24) is 9.88 Å². The van der Waals surface area contributed by atoms with Crippen molar-refractivity contribution < 1.29 is 18.0 Å². The number of hydrogen-bond donors (Lipinski definition) is 2. The second kappa shape index (κ2) is 5.56. The lowest BCUT2D eigenvalue weighted by Gasteiger charge is -2.31. The maximum Gasteiger partial charge on any atom is 0.433 e. The molecule has 0 aliphatic carbocycles. The van der Waals surface area contributed by atoms with E-state index < -0.39 is 17.9 Å². The molecule has 20 heavy (non-hydrogen) atoms. The van der Waals surface area contributed by atoms with Crippen molar-refractivity contribution in [1.29, 1.82) is 0 Å². The van der Waals surface area contributed by atoms with E-state index in [0.717, 1.165) is 6.07 Å². The van der Waals surface area contributed by atoms with Gasteiger partial charge < -0.3 is 16.0 Å². The van der Waals surface area contributed by atoms with Crippen LogP contribution in [-0.2, 0) is 6.18 Å². The van der Waals surface area contributed by atoms with Gasteiger partial charge in [-0.3, -0.25) is 0 Å². The minimum atomic E-state index is -4.43. The number of halogens is 3. The number of amides is 2. The Morgan fingerprint density at radius 1 is 1.35 bits per heavy atom. The van der Waals surface area contributed by atoms with Gasteiger partial charge in [0, 0.05) is 19.1 Å². The zero-order valence-corrected chi connectivity index (χ0v) is 10.7. The number of carbonyl (C=O) groups is 1. The van der Waals surface area contributed by atoms with Crippen LogP contribution in [0.15, 0.2) is 18.3 Å². The molecule has 1 saturated heterocycles. The number of urea groups is 1. The highest BCUT2D eigenvalue weighted by Gasteiger charge is 2.32. The standard InChI is InChI=1S/C12H15F3N4O/c13-12(14,15)10-2-1-9(7-17-10)18-8-3-5-19(6-4-8)11(16)20/h1-2,7-8,18H,3-6H2,(H2,16,20). The van der Waals surface area contributed by atoms with Gasteiger partial charge in [0.1, 0.15) is 5.69 Å². The first-order chi connectivity index (χ1) is 9.36. The van der Waals surface area contributed by atoms with Gasteiger partial charge in [-0.15, -0.1) is 0 Å². The van der Waals surface area contributed by atoms with E-state index in [4.69, 9.17) is 5.73 Å². The quantitative estimate of drug-likeness (QED) is 0.875. The van der Waals surface area contributed by atoms with Crippen LogP contribution < -0.4 is 11.1 Å². The Morgan fingerprint density at radius 2 is 2.00 bits per heavy atom. The van der Waals surface area contributed by atoms with Crippen LogP contribution >= 0.6 is 0 Å². The predicted octanol–water partition coefficient (Wildman–Crippen LogP) is 2.06. The number of nitrogens with zero attached hydrogens (tertiary/aromatic N) is 2. The highest BCUT2D eigenvalue weighted by atomic mass is 19.4. The summed E-state index contributed by atoms with van der Waals surface area (Å²) in [6.07, 6.45) is -1.86. The fraction of sp³-hybridized carbons (Fsp3) is 0.500. The normalized spacial score (nSPS) is 17.1. The van der Waals surface area contributed by atoms with E-state index in [-0.39, 0.29) is 6.04 Å². The van der Waals surface area contributed by atoms with Gasteiger partial charge in [0.15, 0.2) is 0 Å². The van der Waals surface area contributed by atoms with Crippen LogP contribution in [0.25, 0.3) is 0 Å². The maximum absolute atomic E-state index is 12.4. The van der Waals surface area contributed by atoms with E-state index in [9.17, 15) is 18.0 Å². The second-order valence-corrected chi connectivity index (χ2v) is 4.67. The van der Waals surface area contributed by atoms with Crippen molar-refractivity contribution in [2.24, 2.45) is 5.73 Å². The van der Waals surface area contributed by atoms with Gasteiger partial charge in [-0.1, -0.05) is 0 Å². The van der Waals surface area contributed by atoms with Gasteiger partial charge in [0.2, 0.25) is 0 Å². The first kappa shape index (κ1) is 14.4. The van der Waals surface area contributed by atoms with E-state index in [1.54, 1.807) is 4.90 Å². The summed E-state index contributed by atoms with van der Waals surface area (Å²) in [5, 5.41) is 3.11. The van der Waals surface area contributed by atoms with Gasteiger partial charge in [-0.2, -0.15) is 13.2 Å².